The Hall–Kier alpha value is -3.22. The predicted molar refractivity (Wildman–Crippen MR) is 103 cm³/mol. The van der Waals surface area contributed by atoms with Gasteiger partial charge in [0.25, 0.3) is 11.6 Å². The van der Waals surface area contributed by atoms with Gasteiger partial charge in [0.05, 0.1) is 28.3 Å². The average molecular weight is 379 g/mol. The average Bonchev–Trinajstić information content (AvgIpc) is 3.08. The first-order valence-corrected chi connectivity index (χ1v) is 9.30. The fourth-order valence-electron chi connectivity index (χ4n) is 3.67. The summed E-state index contributed by atoms with van der Waals surface area (Å²) in [6.07, 6.45) is 1.26. The summed E-state index contributed by atoms with van der Waals surface area (Å²) in [5.41, 5.74) is 3.98. The lowest BCUT2D eigenvalue weighted by Gasteiger charge is -2.31. The molecule has 7 nitrogen and oxygen atoms in total. The number of rotatable bonds is 3. The minimum absolute atomic E-state index is 0.210. The lowest BCUT2D eigenvalue weighted by molar-refractivity contribution is -0.143. The highest BCUT2D eigenvalue weighted by Crippen LogP contribution is 2.29. The van der Waals surface area contributed by atoms with Crippen molar-refractivity contribution in [2.24, 2.45) is 5.92 Å². The molecule has 1 aliphatic rings. The zero-order valence-corrected chi connectivity index (χ0v) is 15.8. The number of amides is 1. The van der Waals surface area contributed by atoms with Gasteiger partial charge in [-0.3, -0.25) is 9.59 Å². The van der Waals surface area contributed by atoms with Crippen molar-refractivity contribution in [2.45, 2.75) is 26.7 Å². The van der Waals surface area contributed by atoms with Crippen LogP contribution in [-0.2, 0) is 4.79 Å². The van der Waals surface area contributed by atoms with Gasteiger partial charge in [-0.1, -0.05) is 35.0 Å². The summed E-state index contributed by atoms with van der Waals surface area (Å²) < 4.78 is 5.35. The van der Waals surface area contributed by atoms with Gasteiger partial charge in [-0.25, -0.2) is 4.98 Å². The molecule has 3 heterocycles. The van der Waals surface area contributed by atoms with Crippen LogP contribution in [0.3, 0.4) is 0 Å². The lowest BCUT2D eigenvalue weighted by atomic mass is 9.97. The van der Waals surface area contributed by atoms with E-state index in [1.165, 1.54) is 0 Å². The first kappa shape index (κ1) is 18.2. The minimum atomic E-state index is -0.862. The number of aliphatic carboxylic acids is 1. The highest BCUT2D eigenvalue weighted by Gasteiger charge is 2.30. The molecule has 1 amide bonds. The zero-order valence-electron chi connectivity index (χ0n) is 15.8. The third-order valence-corrected chi connectivity index (χ3v) is 5.25. The predicted octanol–water partition coefficient (Wildman–Crippen LogP) is 3.44. The molecule has 144 valence electrons. The second-order valence-electron chi connectivity index (χ2n) is 7.30. The number of carbonyl (C=O) groups is 2. The highest BCUT2D eigenvalue weighted by molar-refractivity contribution is 6.07. The van der Waals surface area contributed by atoms with Gasteiger partial charge >= 0.3 is 5.97 Å². The molecule has 0 aliphatic carbocycles. The van der Waals surface area contributed by atoms with E-state index in [0.717, 1.165) is 11.1 Å². The number of benzene rings is 1. The monoisotopic (exact) mass is 379 g/mol. The van der Waals surface area contributed by atoms with Gasteiger partial charge in [0.1, 0.15) is 0 Å². The van der Waals surface area contributed by atoms with Gasteiger partial charge < -0.3 is 14.5 Å². The van der Waals surface area contributed by atoms with Gasteiger partial charge in [-0.05, 0) is 32.8 Å². The third-order valence-electron chi connectivity index (χ3n) is 5.25. The number of fused-ring (bicyclic) bond motifs is 1. The summed E-state index contributed by atoms with van der Waals surface area (Å²) in [7, 11) is 0. The van der Waals surface area contributed by atoms with Crippen LogP contribution in [0.15, 0.2) is 34.9 Å². The Balaban J connectivity index is 1.78. The second kappa shape index (κ2) is 7.07. The summed E-state index contributed by atoms with van der Waals surface area (Å²) in [5, 5.41) is 13.9. The lowest BCUT2D eigenvalue weighted by Crippen LogP contribution is -2.42. The second-order valence-corrected chi connectivity index (χ2v) is 7.30. The standard InChI is InChI=1S/C21H21N3O4/c1-12-5-7-14(8-6-12)17-10-16(18-13(2)23-28-19(18)22-17)20(25)24-9-3-4-15(11-24)21(26)27/h5-8,10,15H,3-4,9,11H2,1-2H3,(H,26,27)/t15-/m1/s1. The topological polar surface area (TPSA) is 96.5 Å². The van der Waals surface area contributed by atoms with Crippen LogP contribution in [0.2, 0.25) is 0 Å². The quantitative estimate of drug-likeness (QED) is 0.749. The number of likely N-dealkylation sites (tertiary alicyclic amines) is 1. The molecule has 0 saturated carbocycles. The molecule has 0 radical (unpaired) electrons. The number of piperidine rings is 1. The van der Waals surface area contributed by atoms with Crippen LogP contribution < -0.4 is 0 Å². The fourth-order valence-corrected chi connectivity index (χ4v) is 3.67. The van der Waals surface area contributed by atoms with E-state index in [0.29, 0.717) is 47.4 Å². The van der Waals surface area contributed by atoms with Crippen LogP contribution in [0.25, 0.3) is 22.4 Å². The number of carbonyl (C=O) groups excluding carboxylic acids is 1. The highest BCUT2D eigenvalue weighted by atomic mass is 16.5. The van der Waals surface area contributed by atoms with Crippen molar-refractivity contribution in [3.8, 4) is 11.3 Å². The van der Waals surface area contributed by atoms with Crippen LogP contribution in [0, 0.1) is 19.8 Å². The summed E-state index contributed by atoms with van der Waals surface area (Å²) in [4.78, 5) is 30.8. The Morgan fingerprint density at radius 2 is 1.96 bits per heavy atom. The molecule has 0 bridgehead atoms. The number of carboxylic acids is 1. The van der Waals surface area contributed by atoms with E-state index in [9.17, 15) is 14.7 Å². The maximum absolute atomic E-state index is 13.3. The molecule has 1 N–H and O–H groups in total. The van der Waals surface area contributed by atoms with E-state index in [1.54, 1.807) is 17.9 Å². The summed E-state index contributed by atoms with van der Waals surface area (Å²) >= 11 is 0. The largest absolute Gasteiger partial charge is 0.481 e. The van der Waals surface area contributed by atoms with E-state index in [1.807, 2.05) is 31.2 Å². The molecule has 0 unspecified atom stereocenters. The van der Waals surface area contributed by atoms with E-state index in [2.05, 4.69) is 10.1 Å². The third kappa shape index (κ3) is 3.24. The Morgan fingerprint density at radius 1 is 1.21 bits per heavy atom. The maximum Gasteiger partial charge on any atom is 0.308 e. The Kier molecular flexibility index (Phi) is 4.58. The van der Waals surface area contributed by atoms with Gasteiger partial charge in [-0.15, -0.1) is 0 Å². The normalized spacial score (nSPS) is 17.1. The van der Waals surface area contributed by atoms with Crippen molar-refractivity contribution in [1.29, 1.82) is 0 Å². The Bertz CT molecular complexity index is 1060. The Morgan fingerprint density at radius 3 is 2.68 bits per heavy atom. The molecule has 2 aromatic heterocycles. The van der Waals surface area contributed by atoms with Crippen LogP contribution in [-0.4, -0.2) is 45.1 Å². The number of aryl methyl sites for hydroxylation is 2. The van der Waals surface area contributed by atoms with Gasteiger partial charge in [0.2, 0.25) is 0 Å². The number of hydrogen-bond donors (Lipinski definition) is 1. The molecule has 3 aromatic rings. The summed E-state index contributed by atoms with van der Waals surface area (Å²) in [6.45, 7) is 4.52. The van der Waals surface area contributed by atoms with Crippen molar-refractivity contribution in [3.05, 3.63) is 47.2 Å². The van der Waals surface area contributed by atoms with Crippen LogP contribution in [0.1, 0.15) is 34.5 Å². The molecule has 0 spiro atoms. The van der Waals surface area contributed by atoms with Crippen molar-refractivity contribution < 1.29 is 19.2 Å². The van der Waals surface area contributed by atoms with E-state index in [-0.39, 0.29) is 12.5 Å². The first-order valence-electron chi connectivity index (χ1n) is 9.30. The maximum atomic E-state index is 13.3. The molecular weight excluding hydrogens is 358 g/mol. The molecule has 28 heavy (non-hydrogen) atoms. The molecule has 7 heteroatoms. The molecule has 1 aromatic carbocycles. The first-order chi connectivity index (χ1) is 13.4. The van der Waals surface area contributed by atoms with Crippen LogP contribution in [0.5, 0.6) is 0 Å². The fraction of sp³-hybridized carbons (Fsp3) is 0.333. The number of carboxylic acid groups (broad SMARTS) is 1. The van der Waals surface area contributed by atoms with Gasteiger partial charge in [-0.2, -0.15) is 0 Å². The number of pyridine rings is 1. The smallest absolute Gasteiger partial charge is 0.308 e. The molecule has 1 saturated heterocycles. The van der Waals surface area contributed by atoms with E-state index < -0.39 is 11.9 Å². The van der Waals surface area contributed by atoms with Crippen molar-refractivity contribution in [3.63, 3.8) is 0 Å². The van der Waals surface area contributed by atoms with Crippen molar-refractivity contribution >= 4 is 23.0 Å². The van der Waals surface area contributed by atoms with Gasteiger partial charge in [0.15, 0.2) is 0 Å². The number of nitrogens with zero attached hydrogens (tertiary/aromatic N) is 3. The van der Waals surface area contributed by atoms with Crippen LogP contribution >= 0.6 is 0 Å². The molecular formula is C21H21N3O4. The van der Waals surface area contributed by atoms with Gasteiger partial charge in [0, 0.05) is 18.7 Å². The molecule has 1 aliphatic heterocycles. The summed E-state index contributed by atoms with van der Waals surface area (Å²) in [5.74, 6) is -1.60. The number of hydrogen-bond acceptors (Lipinski definition) is 5. The van der Waals surface area contributed by atoms with Crippen LogP contribution in [0.4, 0.5) is 0 Å². The van der Waals surface area contributed by atoms with E-state index >= 15 is 0 Å². The summed E-state index contributed by atoms with van der Waals surface area (Å²) in [6, 6.07) is 9.61. The molecule has 4 rings (SSSR count). The SMILES string of the molecule is Cc1ccc(-c2cc(C(=O)N3CCC[C@@H](C(=O)O)C3)c3c(C)noc3n2)cc1. The number of aromatic nitrogens is 2. The van der Waals surface area contributed by atoms with Crippen molar-refractivity contribution in [2.75, 3.05) is 13.1 Å². The molecule has 1 fully saturated rings. The van der Waals surface area contributed by atoms with Crippen molar-refractivity contribution in [1.82, 2.24) is 15.0 Å². The minimum Gasteiger partial charge on any atom is -0.481 e. The van der Waals surface area contributed by atoms with E-state index in [4.69, 9.17) is 4.52 Å². The molecule has 1 atom stereocenters. The zero-order chi connectivity index (χ0) is 19.8. The Labute approximate surface area is 162 Å².